The van der Waals surface area contributed by atoms with Gasteiger partial charge in [-0.3, -0.25) is 24.1 Å². The minimum Gasteiger partial charge on any atom is -0.380 e. The number of unbranched alkanes of at least 4 members (excludes halogenated alkanes) is 2. The van der Waals surface area contributed by atoms with Crippen LogP contribution in [0.4, 0.5) is 0 Å². The van der Waals surface area contributed by atoms with Crippen molar-refractivity contribution >= 4 is 23.6 Å². The number of likely N-dealkylation sites (tertiary alicyclic amines) is 1. The Morgan fingerprint density at radius 1 is 0.951 bits per heavy atom. The van der Waals surface area contributed by atoms with Crippen molar-refractivity contribution in [3.05, 3.63) is 12.7 Å². The number of nitrogens with zero attached hydrogens (tertiary/aromatic N) is 1. The van der Waals surface area contributed by atoms with Crippen molar-refractivity contribution in [2.45, 2.75) is 113 Å². The van der Waals surface area contributed by atoms with E-state index < -0.39 is 0 Å². The Kier molecular flexibility index (Phi) is 15.3. The van der Waals surface area contributed by atoms with Crippen molar-refractivity contribution < 1.29 is 23.9 Å². The molecule has 1 rings (SSSR count). The maximum atomic E-state index is 13.1. The first-order chi connectivity index (χ1) is 19.1. The van der Waals surface area contributed by atoms with Crippen LogP contribution < -0.4 is 10.6 Å². The molecular weight excluding hydrogens is 518 g/mol. The zero-order valence-electron chi connectivity index (χ0n) is 27.3. The van der Waals surface area contributed by atoms with Gasteiger partial charge in [0.25, 0.3) is 0 Å². The number of carbonyl (C=O) groups is 4. The van der Waals surface area contributed by atoms with Gasteiger partial charge in [-0.2, -0.15) is 0 Å². The Hall–Kier alpha value is -2.22. The normalized spacial score (nSPS) is 17.1. The highest BCUT2D eigenvalue weighted by atomic mass is 16.5. The van der Waals surface area contributed by atoms with Crippen LogP contribution in [0.1, 0.15) is 113 Å². The molecule has 0 aliphatic carbocycles. The van der Waals surface area contributed by atoms with Gasteiger partial charge < -0.3 is 15.4 Å². The monoisotopic (exact) mass is 577 g/mol. The Balaban J connectivity index is 2.45. The Labute approximate surface area is 249 Å². The summed E-state index contributed by atoms with van der Waals surface area (Å²) in [5, 5.41) is 5.91. The number of ether oxygens (including phenoxy) is 1. The third-order valence-corrected chi connectivity index (χ3v) is 7.93. The van der Waals surface area contributed by atoms with Crippen molar-refractivity contribution in [3.63, 3.8) is 0 Å². The molecule has 2 N–H and O–H groups in total. The van der Waals surface area contributed by atoms with E-state index in [1.807, 2.05) is 47.6 Å². The average molecular weight is 578 g/mol. The standard InChI is InChI=1S/C33H59N3O5/c1-10-13-14-16-25(15-11-2)26-19-29(39)36(30(26)40)18-17-27(37)34-22-33(8,9)24-41-23-32(6,7)20-28(38)35-21-31(4,5)12-3/h12,25-26H,3,10-11,13-24H2,1-2,4-9H3,(H,34,37)(H,35,38). The summed E-state index contributed by atoms with van der Waals surface area (Å²) in [5.74, 6) is -0.460. The van der Waals surface area contributed by atoms with Crippen LogP contribution in [0.5, 0.6) is 0 Å². The van der Waals surface area contributed by atoms with E-state index in [0.29, 0.717) is 32.7 Å². The van der Waals surface area contributed by atoms with Gasteiger partial charge in [0.2, 0.25) is 23.6 Å². The molecule has 0 aromatic carbocycles. The lowest BCUT2D eigenvalue weighted by Gasteiger charge is -2.29. The van der Waals surface area contributed by atoms with Gasteiger partial charge in [-0.1, -0.05) is 87.1 Å². The zero-order valence-corrected chi connectivity index (χ0v) is 27.3. The van der Waals surface area contributed by atoms with Gasteiger partial charge in [-0.05, 0) is 29.6 Å². The van der Waals surface area contributed by atoms with Crippen LogP contribution >= 0.6 is 0 Å². The van der Waals surface area contributed by atoms with Gasteiger partial charge in [-0.15, -0.1) is 6.58 Å². The van der Waals surface area contributed by atoms with E-state index in [1.165, 1.54) is 4.90 Å². The van der Waals surface area contributed by atoms with E-state index in [-0.39, 0.29) is 71.1 Å². The summed E-state index contributed by atoms with van der Waals surface area (Å²) in [6.07, 6.45) is 8.85. The molecule has 4 amide bonds. The summed E-state index contributed by atoms with van der Waals surface area (Å²) in [4.78, 5) is 52.0. The lowest BCUT2D eigenvalue weighted by atomic mass is 9.83. The number of amides is 4. The van der Waals surface area contributed by atoms with Crippen LogP contribution in [0.15, 0.2) is 12.7 Å². The second kappa shape index (κ2) is 17.0. The lowest BCUT2D eigenvalue weighted by Crippen LogP contribution is -2.40. The molecule has 0 radical (unpaired) electrons. The van der Waals surface area contributed by atoms with Gasteiger partial charge in [0.15, 0.2) is 0 Å². The van der Waals surface area contributed by atoms with E-state index in [9.17, 15) is 19.2 Å². The van der Waals surface area contributed by atoms with Crippen LogP contribution in [0.2, 0.25) is 0 Å². The lowest BCUT2D eigenvalue weighted by molar-refractivity contribution is -0.140. The Morgan fingerprint density at radius 2 is 1.59 bits per heavy atom. The highest BCUT2D eigenvalue weighted by Gasteiger charge is 2.42. The van der Waals surface area contributed by atoms with Gasteiger partial charge in [0, 0.05) is 44.3 Å². The zero-order chi connectivity index (χ0) is 31.3. The maximum Gasteiger partial charge on any atom is 0.233 e. The summed E-state index contributed by atoms with van der Waals surface area (Å²) in [5.41, 5.74) is -0.808. The van der Waals surface area contributed by atoms with E-state index in [1.54, 1.807) is 0 Å². The number of hydrogen-bond acceptors (Lipinski definition) is 5. The average Bonchev–Trinajstić information content (AvgIpc) is 3.17. The molecule has 236 valence electrons. The minimum absolute atomic E-state index is 0.0151. The van der Waals surface area contributed by atoms with Crippen LogP contribution in [0.25, 0.3) is 0 Å². The minimum atomic E-state index is -0.333. The predicted molar refractivity (Wildman–Crippen MR) is 165 cm³/mol. The summed E-state index contributed by atoms with van der Waals surface area (Å²) in [7, 11) is 0. The number of hydrogen-bond donors (Lipinski definition) is 2. The molecular formula is C33H59N3O5. The first-order valence-electron chi connectivity index (χ1n) is 15.7. The second-order valence-electron chi connectivity index (χ2n) is 14.2. The molecule has 8 nitrogen and oxygen atoms in total. The van der Waals surface area contributed by atoms with Crippen molar-refractivity contribution in [1.29, 1.82) is 0 Å². The fraction of sp³-hybridized carbons (Fsp3) is 0.818. The highest BCUT2D eigenvalue weighted by molar-refractivity contribution is 6.03. The van der Waals surface area contributed by atoms with E-state index in [0.717, 1.165) is 38.5 Å². The Bertz CT molecular complexity index is 880. The summed E-state index contributed by atoms with van der Waals surface area (Å²) in [6.45, 7) is 22.1. The third-order valence-electron chi connectivity index (χ3n) is 7.93. The largest absolute Gasteiger partial charge is 0.380 e. The second-order valence-corrected chi connectivity index (χ2v) is 14.2. The number of imide groups is 1. The fourth-order valence-corrected chi connectivity index (χ4v) is 5.13. The molecule has 0 aromatic heterocycles. The molecule has 1 aliphatic rings. The number of rotatable bonds is 21. The molecule has 8 heteroatoms. The molecule has 1 fully saturated rings. The first kappa shape index (κ1) is 36.8. The molecule has 1 heterocycles. The molecule has 1 saturated heterocycles. The first-order valence-corrected chi connectivity index (χ1v) is 15.7. The summed E-state index contributed by atoms with van der Waals surface area (Å²) < 4.78 is 5.98. The molecule has 0 aromatic rings. The van der Waals surface area contributed by atoms with E-state index in [2.05, 4.69) is 31.1 Å². The van der Waals surface area contributed by atoms with E-state index >= 15 is 0 Å². The van der Waals surface area contributed by atoms with Crippen molar-refractivity contribution in [1.82, 2.24) is 15.5 Å². The predicted octanol–water partition coefficient (Wildman–Crippen LogP) is 5.65. The molecule has 2 atom stereocenters. The molecule has 0 spiro atoms. The molecule has 0 bridgehead atoms. The number of nitrogens with one attached hydrogen (secondary N) is 2. The van der Waals surface area contributed by atoms with Gasteiger partial charge in [0.1, 0.15) is 0 Å². The van der Waals surface area contributed by atoms with Gasteiger partial charge in [0.05, 0.1) is 19.1 Å². The maximum absolute atomic E-state index is 13.1. The fourth-order valence-electron chi connectivity index (χ4n) is 5.13. The van der Waals surface area contributed by atoms with Crippen LogP contribution in [0.3, 0.4) is 0 Å². The molecule has 0 saturated carbocycles. The Morgan fingerprint density at radius 3 is 2.20 bits per heavy atom. The van der Waals surface area contributed by atoms with Gasteiger partial charge >= 0.3 is 0 Å². The number of carbonyl (C=O) groups excluding carboxylic acids is 4. The molecule has 1 aliphatic heterocycles. The molecule has 41 heavy (non-hydrogen) atoms. The van der Waals surface area contributed by atoms with Crippen molar-refractivity contribution in [2.75, 3.05) is 32.8 Å². The topological polar surface area (TPSA) is 105 Å². The summed E-state index contributed by atoms with van der Waals surface area (Å²) in [6, 6.07) is 0. The van der Waals surface area contributed by atoms with Gasteiger partial charge in [-0.25, -0.2) is 0 Å². The van der Waals surface area contributed by atoms with Crippen LogP contribution in [0, 0.1) is 28.1 Å². The van der Waals surface area contributed by atoms with Crippen molar-refractivity contribution in [3.8, 4) is 0 Å². The smallest absolute Gasteiger partial charge is 0.233 e. The van der Waals surface area contributed by atoms with E-state index in [4.69, 9.17) is 4.74 Å². The van der Waals surface area contributed by atoms with Crippen molar-refractivity contribution in [2.24, 2.45) is 28.1 Å². The summed E-state index contributed by atoms with van der Waals surface area (Å²) >= 11 is 0. The quantitative estimate of drug-likeness (QED) is 0.104. The van der Waals surface area contributed by atoms with Crippen LogP contribution in [-0.4, -0.2) is 61.4 Å². The molecule has 2 unspecified atom stereocenters. The van der Waals surface area contributed by atoms with Crippen LogP contribution in [-0.2, 0) is 23.9 Å². The SMILES string of the molecule is C=CC(C)(C)CNC(=O)CC(C)(C)COCC(C)(C)CNC(=O)CCN1C(=O)CC(C(CCC)CCCCC)C1=O. The third kappa shape index (κ3) is 14.0. The highest BCUT2D eigenvalue weighted by Crippen LogP contribution is 2.33.